The number of hydrogen-bond acceptors (Lipinski definition) is 5. The number of benzene rings is 1. The molecule has 6 nitrogen and oxygen atoms in total. The summed E-state index contributed by atoms with van der Waals surface area (Å²) in [6, 6.07) is 3.42. The molecule has 1 atom stereocenters. The summed E-state index contributed by atoms with van der Waals surface area (Å²) in [6.07, 6.45) is 4.11. The van der Waals surface area contributed by atoms with Crippen molar-refractivity contribution >= 4 is 23.6 Å². The number of ether oxygens (including phenoxy) is 3. The Morgan fingerprint density at radius 1 is 1.46 bits per heavy atom. The molecule has 1 heterocycles. The van der Waals surface area contributed by atoms with E-state index >= 15 is 0 Å². The maximum Gasteiger partial charge on any atom is 0.244 e. The molecule has 0 aliphatic carbocycles. The normalized spacial score (nSPS) is 20.3. The number of halogens is 1. The molecule has 2 rings (SSSR count). The van der Waals surface area contributed by atoms with Gasteiger partial charge in [-0.25, -0.2) is 0 Å². The fourth-order valence-electron chi connectivity index (χ4n) is 2.48. The van der Waals surface area contributed by atoms with Crippen molar-refractivity contribution in [3.05, 3.63) is 28.8 Å². The summed E-state index contributed by atoms with van der Waals surface area (Å²) in [5.41, 5.74) is -0.107. The predicted molar refractivity (Wildman–Crippen MR) is 91.6 cm³/mol. The van der Waals surface area contributed by atoms with Crippen LogP contribution in [0, 0.1) is 0 Å². The van der Waals surface area contributed by atoms with Crippen LogP contribution in [0.1, 0.15) is 18.4 Å². The number of carbonyl (C=O) groups excluding carboxylic acids is 1. The van der Waals surface area contributed by atoms with Gasteiger partial charge in [-0.2, -0.15) is 0 Å². The van der Waals surface area contributed by atoms with Crippen LogP contribution < -0.4 is 14.8 Å². The number of nitrogens with one attached hydrogen (secondary N) is 1. The molecule has 2 N–H and O–H groups in total. The summed E-state index contributed by atoms with van der Waals surface area (Å²) in [4.78, 5) is 11.9. The van der Waals surface area contributed by atoms with E-state index in [2.05, 4.69) is 5.32 Å². The lowest BCUT2D eigenvalue weighted by Crippen LogP contribution is -2.34. The number of rotatable bonds is 7. The first kappa shape index (κ1) is 18.6. The molecular weight excluding hydrogens is 334 g/mol. The van der Waals surface area contributed by atoms with Crippen LogP contribution >= 0.6 is 11.6 Å². The minimum Gasteiger partial charge on any atom is -0.493 e. The highest BCUT2D eigenvalue weighted by Gasteiger charge is 2.31. The largest absolute Gasteiger partial charge is 0.493 e. The van der Waals surface area contributed by atoms with E-state index in [9.17, 15) is 9.90 Å². The lowest BCUT2D eigenvalue weighted by molar-refractivity contribution is -0.116. The topological polar surface area (TPSA) is 77.0 Å². The second-order valence-corrected chi connectivity index (χ2v) is 6.05. The first-order chi connectivity index (χ1) is 11.5. The Kier molecular flexibility index (Phi) is 6.48. The van der Waals surface area contributed by atoms with E-state index in [0.29, 0.717) is 49.1 Å². The number of methoxy groups -OCH3 is 2. The first-order valence-electron chi connectivity index (χ1n) is 7.65. The molecular formula is C17H22ClNO5. The maximum atomic E-state index is 11.9. The number of hydrogen-bond donors (Lipinski definition) is 2. The van der Waals surface area contributed by atoms with E-state index in [1.165, 1.54) is 20.3 Å². The van der Waals surface area contributed by atoms with Gasteiger partial charge in [-0.05, 0) is 30.2 Å². The van der Waals surface area contributed by atoms with Gasteiger partial charge < -0.3 is 24.6 Å². The van der Waals surface area contributed by atoms with Gasteiger partial charge >= 0.3 is 0 Å². The van der Waals surface area contributed by atoms with Crippen LogP contribution in [-0.4, -0.2) is 50.6 Å². The Balaban J connectivity index is 1.90. The third-order valence-corrected chi connectivity index (χ3v) is 4.14. The molecule has 0 spiro atoms. The van der Waals surface area contributed by atoms with Gasteiger partial charge in [0.15, 0.2) is 11.5 Å². The zero-order chi connectivity index (χ0) is 17.6. The molecule has 1 aliphatic heterocycles. The smallest absolute Gasteiger partial charge is 0.244 e. The Labute approximate surface area is 146 Å². The van der Waals surface area contributed by atoms with Crippen molar-refractivity contribution in [1.29, 1.82) is 0 Å². The van der Waals surface area contributed by atoms with Crippen LogP contribution in [0.4, 0.5) is 0 Å². The van der Waals surface area contributed by atoms with Crippen molar-refractivity contribution in [3.63, 3.8) is 0 Å². The summed E-state index contributed by atoms with van der Waals surface area (Å²) < 4.78 is 15.5. The molecule has 1 amide bonds. The van der Waals surface area contributed by atoms with Gasteiger partial charge in [0, 0.05) is 25.6 Å². The molecule has 132 valence electrons. The molecule has 0 aromatic heterocycles. The minimum absolute atomic E-state index is 0.247. The van der Waals surface area contributed by atoms with Crippen LogP contribution in [0.2, 0.25) is 5.02 Å². The second-order valence-electron chi connectivity index (χ2n) is 5.64. The summed E-state index contributed by atoms with van der Waals surface area (Å²) in [5, 5.41) is 13.3. The molecule has 0 bridgehead atoms. The highest BCUT2D eigenvalue weighted by molar-refractivity contribution is 6.32. The third kappa shape index (κ3) is 4.87. The molecule has 1 aromatic carbocycles. The molecule has 1 aliphatic rings. The summed E-state index contributed by atoms with van der Waals surface area (Å²) in [5.74, 6) is 0.699. The second kappa shape index (κ2) is 8.37. The standard InChI is InChI=1S/C17H22ClNO5/c1-22-14-10-12(9-13(18)16(14)23-2)3-4-15(20)19-7-5-17(21)6-8-24-11-17/h3-4,9-10,21H,5-8,11H2,1-2H3,(H,19,20)/b4-3+. The quantitative estimate of drug-likeness (QED) is 0.732. The predicted octanol–water partition coefficient (Wildman–Crippen LogP) is 2.03. The maximum absolute atomic E-state index is 11.9. The Morgan fingerprint density at radius 3 is 2.88 bits per heavy atom. The fraction of sp³-hybridized carbons (Fsp3) is 0.471. The van der Waals surface area contributed by atoms with E-state index in [1.54, 1.807) is 18.2 Å². The average molecular weight is 356 g/mol. The van der Waals surface area contributed by atoms with Gasteiger partial charge in [-0.15, -0.1) is 0 Å². The molecule has 24 heavy (non-hydrogen) atoms. The zero-order valence-corrected chi connectivity index (χ0v) is 14.6. The van der Waals surface area contributed by atoms with Gasteiger partial charge in [-0.1, -0.05) is 11.6 Å². The highest BCUT2D eigenvalue weighted by atomic mass is 35.5. The molecule has 7 heteroatoms. The summed E-state index contributed by atoms with van der Waals surface area (Å²) in [7, 11) is 3.03. The van der Waals surface area contributed by atoms with Crippen LogP contribution in [0.15, 0.2) is 18.2 Å². The van der Waals surface area contributed by atoms with Crippen molar-refractivity contribution in [2.24, 2.45) is 0 Å². The molecule has 0 saturated carbocycles. The van der Waals surface area contributed by atoms with E-state index < -0.39 is 5.60 Å². The molecule has 1 fully saturated rings. The van der Waals surface area contributed by atoms with Gasteiger partial charge in [0.2, 0.25) is 5.91 Å². The summed E-state index contributed by atoms with van der Waals surface area (Å²) >= 11 is 6.12. The van der Waals surface area contributed by atoms with Crippen molar-refractivity contribution in [3.8, 4) is 11.5 Å². The van der Waals surface area contributed by atoms with E-state index in [-0.39, 0.29) is 5.91 Å². The van der Waals surface area contributed by atoms with Crippen molar-refractivity contribution in [2.75, 3.05) is 34.0 Å². The SMILES string of the molecule is COc1cc(/C=C/C(=O)NCCC2(O)CCOC2)cc(Cl)c1OC. The van der Waals surface area contributed by atoms with Crippen LogP contribution in [0.3, 0.4) is 0 Å². The van der Waals surface area contributed by atoms with Crippen molar-refractivity contribution in [2.45, 2.75) is 18.4 Å². The van der Waals surface area contributed by atoms with Crippen LogP contribution in [-0.2, 0) is 9.53 Å². The first-order valence-corrected chi connectivity index (χ1v) is 8.03. The lowest BCUT2D eigenvalue weighted by Gasteiger charge is -2.19. The zero-order valence-electron chi connectivity index (χ0n) is 13.8. The van der Waals surface area contributed by atoms with Gasteiger partial charge in [0.1, 0.15) is 0 Å². The third-order valence-electron chi connectivity index (χ3n) is 3.86. The molecule has 1 unspecified atom stereocenters. The molecule has 1 aromatic rings. The van der Waals surface area contributed by atoms with Crippen molar-refractivity contribution < 1.29 is 24.1 Å². The van der Waals surface area contributed by atoms with Gasteiger partial charge in [-0.3, -0.25) is 4.79 Å². The van der Waals surface area contributed by atoms with Crippen LogP contribution in [0.5, 0.6) is 11.5 Å². The highest BCUT2D eigenvalue weighted by Crippen LogP contribution is 2.36. The van der Waals surface area contributed by atoms with E-state index in [0.717, 1.165) is 5.56 Å². The van der Waals surface area contributed by atoms with Crippen molar-refractivity contribution in [1.82, 2.24) is 5.32 Å². The van der Waals surface area contributed by atoms with Gasteiger partial charge in [0.25, 0.3) is 0 Å². The monoisotopic (exact) mass is 355 g/mol. The average Bonchev–Trinajstić information content (AvgIpc) is 2.99. The number of amides is 1. The molecule has 1 saturated heterocycles. The van der Waals surface area contributed by atoms with Gasteiger partial charge in [0.05, 0.1) is 31.5 Å². The number of carbonyl (C=O) groups is 1. The van der Waals surface area contributed by atoms with E-state index in [4.69, 9.17) is 25.8 Å². The summed E-state index contributed by atoms with van der Waals surface area (Å²) in [6.45, 7) is 1.27. The minimum atomic E-state index is -0.826. The lowest BCUT2D eigenvalue weighted by atomic mass is 9.99. The fourth-order valence-corrected chi connectivity index (χ4v) is 2.77. The number of aliphatic hydroxyl groups is 1. The Morgan fingerprint density at radius 2 is 2.25 bits per heavy atom. The molecule has 0 radical (unpaired) electrons. The van der Waals surface area contributed by atoms with E-state index in [1.807, 2.05) is 0 Å². The Hall–Kier alpha value is -1.76. The van der Waals surface area contributed by atoms with Crippen LogP contribution in [0.25, 0.3) is 6.08 Å². The Bertz CT molecular complexity index is 611.